The summed E-state index contributed by atoms with van der Waals surface area (Å²) in [5.74, 6) is 1.16. The zero-order valence-corrected chi connectivity index (χ0v) is 10.4. The maximum atomic E-state index is 11.4. The van der Waals surface area contributed by atoms with Crippen LogP contribution < -0.4 is 0 Å². The lowest BCUT2D eigenvalue weighted by atomic mass is 10.2. The second-order valence-corrected chi connectivity index (χ2v) is 4.83. The second-order valence-electron chi connectivity index (χ2n) is 2.93. The normalized spacial score (nSPS) is 10.1. The molecule has 0 fully saturated rings. The number of nitrogens with zero attached hydrogens (tertiary/aromatic N) is 1. The summed E-state index contributed by atoms with van der Waals surface area (Å²) in [5.41, 5.74) is 0.847. The summed E-state index contributed by atoms with van der Waals surface area (Å²) < 4.78 is 0.942. The highest BCUT2D eigenvalue weighted by atomic mass is 79.9. The van der Waals surface area contributed by atoms with Gasteiger partial charge in [-0.15, -0.1) is 0 Å². The van der Waals surface area contributed by atoms with Gasteiger partial charge in [0, 0.05) is 29.2 Å². The van der Waals surface area contributed by atoms with Gasteiger partial charge >= 0.3 is 0 Å². The van der Waals surface area contributed by atoms with E-state index in [1.54, 1.807) is 18.0 Å². The van der Waals surface area contributed by atoms with Gasteiger partial charge in [0.15, 0.2) is 0 Å². The van der Waals surface area contributed by atoms with Crippen molar-refractivity contribution in [2.24, 2.45) is 0 Å². The third kappa shape index (κ3) is 4.24. The predicted molar refractivity (Wildman–Crippen MR) is 63.6 cm³/mol. The van der Waals surface area contributed by atoms with Crippen LogP contribution in [0.4, 0.5) is 0 Å². The zero-order chi connectivity index (χ0) is 10.4. The number of hydrogen-bond acceptors (Lipinski definition) is 3. The number of aromatic nitrogens is 1. The van der Waals surface area contributed by atoms with Crippen LogP contribution in [0, 0.1) is 0 Å². The van der Waals surface area contributed by atoms with Crippen LogP contribution in [0.2, 0.25) is 0 Å². The molecule has 0 aliphatic heterocycles. The molecule has 0 saturated heterocycles. The number of hydrogen-bond donors (Lipinski definition) is 0. The summed E-state index contributed by atoms with van der Waals surface area (Å²) in [7, 11) is 0. The topological polar surface area (TPSA) is 30.0 Å². The molecule has 0 aliphatic carbocycles. The van der Waals surface area contributed by atoms with E-state index in [9.17, 15) is 4.79 Å². The summed E-state index contributed by atoms with van der Waals surface area (Å²) in [6.07, 6.45) is 4.81. The molecular weight excluding hydrogens is 262 g/mol. The molecule has 0 amide bonds. The lowest BCUT2D eigenvalue weighted by Gasteiger charge is -1.99. The van der Waals surface area contributed by atoms with Crippen molar-refractivity contribution >= 4 is 33.5 Å². The van der Waals surface area contributed by atoms with E-state index in [1.807, 2.05) is 18.4 Å². The van der Waals surface area contributed by atoms with Gasteiger partial charge in [0.05, 0.1) is 0 Å². The summed E-state index contributed by atoms with van der Waals surface area (Å²) in [6, 6.07) is 3.78. The number of rotatable bonds is 5. The fourth-order valence-electron chi connectivity index (χ4n) is 1.02. The summed E-state index contributed by atoms with van der Waals surface area (Å²) in [4.78, 5) is 15.5. The molecule has 76 valence electrons. The zero-order valence-electron chi connectivity index (χ0n) is 8.00. The summed E-state index contributed by atoms with van der Waals surface area (Å²) in [5, 5.41) is 0. The summed E-state index contributed by atoms with van der Waals surface area (Å²) in [6.45, 7) is 0. The third-order valence-corrected chi connectivity index (χ3v) is 2.83. The molecule has 0 saturated carbocycles. The SMILES string of the molecule is CSCCC(=O)Cc1ccc(Br)cn1. The van der Waals surface area contributed by atoms with Crippen LogP contribution in [-0.4, -0.2) is 22.8 Å². The van der Waals surface area contributed by atoms with E-state index >= 15 is 0 Å². The molecule has 0 spiro atoms. The molecular formula is C10H12BrNOS. The predicted octanol–water partition coefficient (Wildman–Crippen LogP) is 2.71. The first-order chi connectivity index (χ1) is 6.72. The van der Waals surface area contributed by atoms with Crippen molar-refractivity contribution in [3.63, 3.8) is 0 Å². The van der Waals surface area contributed by atoms with E-state index in [4.69, 9.17) is 0 Å². The number of carbonyl (C=O) groups excluding carboxylic acids is 1. The number of carbonyl (C=O) groups is 1. The van der Waals surface area contributed by atoms with Gasteiger partial charge < -0.3 is 0 Å². The molecule has 1 aromatic rings. The first kappa shape index (κ1) is 11.7. The van der Waals surface area contributed by atoms with Gasteiger partial charge in [0.1, 0.15) is 5.78 Å². The van der Waals surface area contributed by atoms with Crippen LogP contribution in [0.25, 0.3) is 0 Å². The Morgan fingerprint density at radius 2 is 2.36 bits per heavy atom. The maximum absolute atomic E-state index is 11.4. The standard InChI is InChI=1S/C10H12BrNOS/c1-14-5-4-10(13)6-9-3-2-8(11)7-12-9/h2-3,7H,4-6H2,1H3. The Morgan fingerprint density at radius 1 is 1.57 bits per heavy atom. The molecule has 0 aromatic carbocycles. The minimum atomic E-state index is 0.258. The fraction of sp³-hybridized carbons (Fsp3) is 0.400. The lowest BCUT2D eigenvalue weighted by Crippen LogP contribution is -2.05. The van der Waals surface area contributed by atoms with Crippen LogP contribution in [0.5, 0.6) is 0 Å². The van der Waals surface area contributed by atoms with Crippen LogP contribution in [0.15, 0.2) is 22.8 Å². The fourth-order valence-corrected chi connectivity index (χ4v) is 1.68. The van der Waals surface area contributed by atoms with Crippen molar-refractivity contribution in [3.8, 4) is 0 Å². The Morgan fingerprint density at radius 3 is 2.93 bits per heavy atom. The molecule has 4 heteroatoms. The average Bonchev–Trinajstić information content (AvgIpc) is 2.18. The van der Waals surface area contributed by atoms with Crippen molar-refractivity contribution < 1.29 is 4.79 Å². The minimum absolute atomic E-state index is 0.258. The van der Waals surface area contributed by atoms with Crippen molar-refractivity contribution in [2.75, 3.05) is 12.0 Å². The van der Waals surface area contributed by atoms with E-state index in [2.05, 4.69) is 20.9 Å². The minimum Gasteiger partial charge on any atom is -0.299 e. The van der Waals surface area contributed by atoms with Crippen LogP contribution in [0.1, 0.15) is 12.1 Å². The first-order valence-electron chi connectivity index (χ1n) is 4.33. The van der Waals surface area contributed by atoms with Crippen molar-refractivity contribution in [1.29, 1.82) is 0 Å². The highest BCUT2D eigenvalue weighted by molar-refractivity contribution is 9.10. The highest BCUT2D eigenvalue weighted by Crippen LogP contribution is 2.08. The lowest BCUT2D eigenvalue weighted by molar-refractivity contribution is -0.118. The molecule has 0 atom stereocenters. The van der Waals surface area contributed by atoms with Crippen molar-refractivity contribution in [2.45, 2.75) is 12.8 Å². The Bertz CT molecular complexity index is 299. The third-order valence-electron chi connectivity index (χ3n) is 1.75. The Labute approximate surface area is 96.6 Å². The molecule has 0 aliphatic rings. The van der Waals surface area contributed by atoms with Gasteiger partial charge in [-0.2, -0.15) is 11.8 Å². The Balaban J connectivity index is 2.44. The van der Waals surface area contributed by atoms with Gasteiger partial charge in [-0.3, -0.25) is 9.78 Å². The van der Waals surface area contributed by atoms with Crippen molar-refractivity contribution in [1.82, 2.24) is 4.98 Å². The molecule has 14 heavy (non-hydrogen) atoms. The molecule has 0 unspecified atom stereocenters. The Kier molecular flexibility index (Phi) is 5.19. The number of pyridine rings is 1. The van der Waals surface area contributed by atoms with Crippen LogP contribution >= 0.6 is 27.7 Å². The van der Waals surface area contributed by atoms with Crippen molar-refractivity contribution in [3.05, 3.63) is 28.5 Å². The molecule has 0 bridgehead atoms. The number of Topliss-reactive ketones (excluding diaryl/α,β-unsaturated/α-hetero) is 1. The Hall–Kier alpha value is -0.350. The molecule has 1 aromatic heterocycles. The first-order valence-corrected chi connectivity index (χ1v) is 6.52. The van der Waals surface area contributed by atoms with Gasteiger partial charge in [0.2, 0.25) is 0 Å². The van der Waals surface area contributed by atoms with Crippen LogP contribution in [-0.2, 0) is 11.2 Å². The largest absolute Gasteiger partial charge is 0.299 e. The van der Waals surface area contributed by atoms with Gasteiger partial charge in [-0.25, -0.2) is 0 Å². The number of halogens is 1. The van der Waals surface area contributed by atoms with E-state index in [0.717, 1.165) is 15.9 Å². The van der Waals surface area contributed by atoms with Crippen LogP contribution in [0.3, 0.4) is 0 Å². The maximum Gasteiger partial charge on any atom is 0.139 e. The van der Waals surface area contributed by atoms with Gasteiger partial charge in [-0.05, 0) is 40.1 Å². The average molecular weight is 274 g/mol. The number of thioether (sulfide) groups is 1. The van der Waals surface area contributed by atoms with E-state index in [-0.39, 0.29) is 5.78 Å². The quantitative estimate of drug-likeness (QED) is 0.827. The van der Waals surface area contributed by atoms with Gasteiger partial charge in [-0.1, -0.05) is 0 Å². The van der Waals surface area contributed by atoms with E-state index < -0.39 is 0 Å². The second kappa shape index (κ2) is 6.19. The van der Waals surface area contributed by atoms with E-state index in [0.29, 0.717) is 12.8 Å². The molecule has 0 N–H and O–H groups in total. The monoisotopic (exact) mass is 273 g/mol. The molecule has 1 rings (SSSR count). The molecule has 2 nitrogen and oxygen atoms in total. The summed E-state index contributed by atoms with van der Waals surface area (Å²) >= 11 is 5.00. The van der Waals surface area contributed by atoms with E-state index in [1.165, 1.54) is 0 Å². The van der Waals surface area contributed by atoms with Gasteiger partial charge in [0.25, 0.3) is 0 Å². The molecule has 0 radical (unpaired) electrons. The highest BCUT2D eigenvalue weighted by Gasteiger charge is 2.03. The number of ketones is 1. The molecule has 1 heterocycles. The smallest absolute Gasteiger partial charge is 0.139 e.